The smallest absolute Gasteiger partial charge is 0.200 e. The van der Waals surface area contributed by atoms with E-state index in [1.165, 1.54) is 13.4 Å². The Hall–Kier alpha value is -1.11. The summed E-state index contributed by atoms with van der Waals surface area (Å²) in [5.74, 6) is 1.03. The third-order valence-corrected chi connectivity index (χ3v) is 2.51. The van der Waals surface area contributed by atoms with E-state index in [-0.39, 0.29) is 0 Å². The van der Waals surface area contributed by atoms with Gasteiger partial charge in [0, 0.05) is 13.1 Å². The summed E-state index contributed by atoms with van der Waals surface area (Å²) in [5.41, 5.74) is 3.13. The van der Waals surface area contributed by atoms with E-state index in [1.807, 2.05) is 5.01 Å². The molecule has 1 aromatic heterocycles. The second-order valence-corrected chi connectivity index (χ2v) is 3.62. The summed E-state index contributed by atoms with van der Waals surface area (Å²) in [6.45, 7) is 3.00. The van der Waals surface area contributed by atoms with Gasteiger partial charge in [-0.05, 0) is 0 Å². The van der Waals surface area contributed by atoms with Gasteiger partial charge in [-0.1, -0.05) is 11.6 Å². The maximum atomic E-state index is 5.89. The second kappa shape index (κ2) is 5.29. The van der Waals surface area contributed by atoms with Crippen molar-refractivity contribution in [2.45, 2.75) is 0 Å². The second-order valence-electron chi connectivity index (χ2n) is 3.26. The molecule has 0 unspecified atom stereocenters. The Morgan fingerprint density at radius 1 is 1.44 bits per heavy atom. The summed E-state index contributed by atoms with van der Waals surface area (Å²) in [6, 6.07) is 0. The molecule has 0 spiro atoms. The lowest BCUT2D eigenvalue weighted by Crippen LogP contribution is -2.40. The van der Waals surface area contributed by atoms with Crippen LogP contribution in [0.3, 0.4) is 0 Å². The number of methoxy groups -OCH3 is 1. The van der Waals surface area contributed by atoms with Crippen LogP contribution in [0.1, 0.15) is 0 Å². The van der Waals surface area contributed by atoms with Crippen molar-refractivity contribution in [3.8, 4) is 5.75 Å². The van der Waals surface area contributed by atoms with Crippen LogP contribution in [0.15, 0.2) is 6.33 Å². The number of morpholine rings is 1. The van der Waals surface area contributed by atoms with Crippen LogP contribution in [0.4, 0.5) is 5.82 Å². The predicted octanol–water partition coefficient (Wildman–Crippen LogP) is 0.798. The Morgan fingerprint density at radius 3 is 2.88 bits per heavy atom. The molecule has 1 aliphatic rings. The SMILES string of the molecule is COc1c(Cl)ncnc1NN1CCOCC1. The Bertz CT molecular complexity index is 357. The van der Waals surface area contributed by atoms with Crippen LogP contribution in [0.5, 0.6) is 5.75 Å². The number of rotatable bonds is 3. The van der Waals surface area contributed by atoms with E-state index in [9.17, 15) is 0 Å². The Balaban J connectivity index is 2.10. The summed E-state index contributed by atoms with van der Waals surface area (Å²) < 4.78 is 10.4. The fourth-order valence-corrected chi connectivity index (χ4v) is 1.65. The maximum Gasteiger partial charge on any atom is 0.200 e. The number of hydrazine groups is 1. The molecule has 1 saturated heterocycles. The molecule has 0 saturated carbocycles. The van der Waals surface area contributed by atoms with Gasteiger partial charge in [-0.15, -0.1) is 0 Å². The first-order valence-electron chi connectivity index (χ1n) is 4.95. The van der Waals surface area contributed by atoms with E-state index in [1.54, 1.807) is 0 Å². The molecule has 0 bridgehead atoms. The van der Waals surface area contributed by atoms with Gasteiger partial charge in [-0.25, -0.2) is 15.0 Å². The number of ether oxygens (including phenoxy) is 2. The Kier molecular flexibility index (Phi) is 3.76. The van der Waals surface area contributed by atoms with Crippen molar-refractivity contribution < 1.29 is 9.47 Å². The van der Waals surface area contributed by atoms with E-state index >= 15 is 0 Å². The molecule has 1 fully saturated rings. The van der Waals surface area contributed by atoms with E-state index in [0.717, 1.165) is 13.1 Å². The highest BCUT2D eigenvalue weighted by Gasteiger charge is 2.15. The number of halogens is 1. The standard InChI is InChI=1S/C9H13ClN4O2/c1-15-7-8(10)11-6-12-9(7)13-14-2-4-16-5-3-14/h6H,2-5H2,1H3,(H,11,12,13). The zero-order valence-electron chi connectivity index (χ0n) is 8.94. The summed E-state index contributed by atoms with van der Waals surface area (Å²) in [6.07, 6.45) is 1.40. The van der Waals surface area contributed by atoms with Crippen molar-refractivity contribution in [3.63, 3.8) is 0 Å². The molecule has 6 nitrogen and oxygen atoms in total. The van der Waals surface area contributed by atoms with Crippen LogP contribution < -0.4 is 10.2 Å². The molecule has 0 aliphatic carbocycles. The Labute approximate surface area is 98.5 Å². The van der Waals surface area contributed by atoms with Crippen molar-refractivity contribution in [2.24, 2.45) is 0 Å². The summed E-state index contributed by atoms with van der Waals surface area (Å²) in [7, 11) is 1.54. The molecule has 0 aromatic carbocycles. The number of anilines is 1. The van der Waals surface area contributed by atoms with E-state index < -0.39 is 0 Å². The lowest BCUT2D eigenvalue weighted by atomic mass is 10.5. The average Bonchev–Trinajstić information content (AvgIpc) is 2.31. The molecule has 88 valence electrons. The Morgan fingerprint density at radius 2 is 2.19 bits per heavy atom. The van der Waals surface area contributed by atoms with Crippen molar-refractivity contribution in [2.75, 3.05) is 38.8 Å². The van der Waals surface area contributed by atoms with Crippen LogP contribution in [-0.4, -0.2) is 48.4 Å². The van der Waals surface area contributed by atoms with Gasteiger partial charge in [0.2, 0.25) is 0 Å². The van der Waals surface area contributed by atoms with Gasteiger partial charge in [0.05, 0.1) is 20.3 Å². The third-order valence-electron chi connectivity index (χ3n) is 2.24. The normalized spacial score (nSPS) is 17.1. The molecular weight excluding hydrogens is 232 g/mol. The van der Waals surface area contributed by atoms with E-state index in [4.69, 9.17) is 21.1 Å². The van der Waals surface area contributed by atoms with E-state index in [2.05, 4.69) is 15.4 Å². The van der Waals surface area contributed by atoms with Gasteiger partial charge in [0.15, 0.2) is 16.7 Å². The number of aromatic nitrogens is 2. The lowest BCUT2D eigenvalue weighted by Gasteiger charge is -2.27. The summed E-state index contributed by atoms with van der Waals surface area (Å²) in [5, 5.41) is 2.30. The first-order valence-corrected chi connectivity index (χ1v) is 5.33. The minimum atomic E-state index is 0.299. The maximum absolute atomic E-state index is 5.89. The van der Waals surface area contributed by atoms with Crippen molar-refractivity contribution >= 4 is 17.4 Å². The summed E-state index contributed by atoms with van der Waals surface area (Å²) in [4.78, 5) is 7.94. The van der Waals surface area contributed by atoms with Crippen LogP contribution in [-0.2, 0) is 4.74 Å². The molecule has 2 heterocycles. The largest absolute Gasteiger partial charge is 0.490 e. The molecule has 1 N–H and O–H groups in total. The fourth-order valence-electron chi connectivity index (χ4n) is 1.44. The van der Waals surface area contributed by atoms with Gasteiger partial charge >= 0.3 is 0 Å². The number of nitrogens with zero attached hydrogens (tertiary/aromatic N) is 3. The molecule has 2 rings (SSSR count). The zero-order chi connectivity index (χ0) is 11.4. The van der Waals surface area contributed by atoms with Crippen molar-refractivity contribution in [1.29, 1.82) is 0 Å². The third kappa shape index (κ3) is 2.52. The topological polar surface area (TPSA) is 59.5 Å². The van der Waals surface area contributed by atoms with Crippen LogP contribution in [0, 0.1) is 0 Å². The predicted molar refractivity (Wildman–Crippen MR) is 59.6 cm³/mol. The van der Waals surface area contributed by atoms with Crippen LogP contribution in [0.25, 0.3) is 0 Å². The quantitative estimate of drug-likeness (QED) is 0.794. The lowest BCUT2D eigenvalue weighted by molar-refractivity contribution is 0.0493. The minimum absolute atomic E-state index is 0.299. The zero-order valence-corrected chi connectivity index (χ0v) is 9.70. The van der Waals surface area contributed by atoms with Gasteiger partial charge in [0.1, 0.15) is 6.33 Å². The average molecular weight is 245 g/mol. The monoisotopic (exact) mass is 244 g/mol. The molecule has 0 amide bonds. The minimum Gasteiger partial charge on any atom is -0.490 e. The van der Waals surface area contributed by atoms with Crippen molar-refractivity contribution in [1.82, 2.24) is 15.0 Å². The molecule has 16 heavy (non-hydrogen) atoms. The van der Waals surface area contributed by atoms with E-state index in [0.29, 0.717) is 29.9 Å². The molecule has 1 aromatic rings. The van der Waals surface area contributed by atoms with Gasteiger partial charge in [-0.3, -0.25) is 5.43 Å². The van der Waals surface area contributed by atoms with Gasteiger partial charge in [-0.2, -0.15) is 0 Å². The number of nitrogens with one attached hydrogen (secondary N) is 1. The highest BCUT2D eigenvalue weighted by atomic mass is 35.5. The molecule has 0 atom stereocenters. The summed E-state index contributed by atoms with van der Waals surface area (Å²) >= 11 is 5.89. The molecular formula is C9H13ClN4O2. The van der Waals surface area contributed by atoms with Crippen LogP contribution in [0.2, 0.25) is 5.15 Å². The van der Waals surface area contributed by atoms with Gasteiger partial charge < -0.3 is 9.47 Å². The highest BCUT2D eigenvalue weighted by molar-refractivity contribution is 6.31. The highest BCUT2D eigenvalue weighted by Crippen LogP contribution is 2.28. The number of hydrogen-bond acceptors (Lipinski definition) is 6. The number of hydrogen-bond donors (Lipinski definition) is 1. The molecule has 0 radical (unpaired) electrons. The molecule has 7 heteroatoms. The molecule has 1 aliphatic heterocycles. The van der Waals surface area contributed by atoms with Gasteiger partial charge in [0.25, 0.3) is 0 Å². The first-order chi connectivity index (χ1) is 7.81. The fraction of sp³-hybridized carbons (Fsp3) is 0.556. The first kappa shape index (κ1) is 11.4. The van der Waals surface area contributed by atoms with Crippen LogP contribution >= 0.6 is 11.6 Å². The van der Waals surface area contributed by atoms with Crippen molar-refractivity contribution in [3.05, 3.63) is 11.5 Å².